The number of ether oxygens (including phenoxy) is 4. The van der Waals surface area contributed by atoms with Crippen LogP contribution in [0.1, 0.15) is 30.6 Å². The minimum Gasteiger partial charge on any atom is -0.454 e. The number of hydrogen-bond acceptors (Lipinski definition) is 9. The van der Waals surface area contributed by atoms with Crippen LogP contribution in [0.3, 0.4) is 0 Å². The fraction of sp³-hybridized carbons (Fsp3) is 0.304. The van der Waals surface area contributed by atoms with Crippen molar-refractivity contribution in [1.82, 2.24) is 15.5 Å². The fourth-order valence-corrected chi connectivity index (χ4v) is 4.31. The number of carbonyl (C=O) groups excluding carboxylic acids is 2. The third-order valence-electron chi connectivity index (χ3n) is 5.69. The van der Waals surface area contributed by atoms with E-state index in [1.54, 1.807) is 18.2 Å². The quantitative estimate of drug-likeness (QED) is 0.525. The van der Waals surface area contributed by atoms with Crippen molar-refractivity contribution in [2.75, 3.05) is 18.9 Å². The Kier molecular flexibility index (Phi) is 5.93. The van der Waals surface area contributed by atoms with E-state index in [0.717, 1.165) is 5.56 Å². The monoisotopic (exact) mass is 482 g/mol. The number of rotatable bonds is 7. The van der Waals surface area contributed by atoms with E-state index in [4.69, 9.17) is 18.9 Å². The molecular formula is C23H22N4O6S. The molecule has 2 aliphatic rings. The lowest BCUT2D eigenvalue weighted by molar-refractivity contribution is -0.119. The summed E-state index contributed by atoms with van der Waals surface area (Å²) in [5.41, 5.74) is 1.18. The van der Waals surface area contributed by atoms with Crippen molar-refractivity contribution in [3.63, 3.8) is 0 Å². The van der Waals surface area contributed by atoms with Crippen molar-refractivity contribution in [3.05, 3.63) is 42.0 Å². The molecular weight excluding hydrogens is 460 g/mol. The molecule has 2 N–H and O–H groups in total. The molecule has 5 rings (SSSR count). The molecule has 3 heterocycles. The van der Waals surface area contributed by atoms with Gasteiger partial charge in [-0.15, -0.1) is 10.2 Å². The van der Waals surface area contributed by atoms with E-state index in [1.807, 2.05) is 32.0 Å². The Morgan fingerprint density at radius 3 is 2.38 bits per heavy atom. The van der Waals surface area contributed by atoms with Crippen molar-refractivity contribution < 1.29 is 28.5 Å². The van der Waals surface area contributed by atoms with Crippen LogP contribution in [0, 0.1) is 5.92 Å². The second-order valence-electron chi connectivity index (χ2n) is 7.87. The van der Waals surface area contributed by atoms with Crippen LogP contribution in [0.25, 0.3) is 10.6 Å². The minimum absolute atomic E-state index is 0.112. The van der Waals surface area contributed by atoms with Crippen molar-refractivity contribution in [3.8, 4) is 33.6 Å². The number of carbonyl (C=O) groups is 2. The van der Waals surface area contributed by atoms with Gasteiger partial charge in [-0.25, -0.2) is 0 Å². The Morgan fingerprint density at radius 2 is 1.65 bits per heavy atom. The average Bonchev–Trinajstić information content (AvgIpc) is 3.61. The molecule has 0 spiro atoms. The lowest BCUT2D eigenvalue weighted by Gasteiger charge is -2.23. The van der Waals surface area contributed by atoms with Gasteiger partial charge in [-0.05, 0) is 42.3 Å². The SMILES string of the molecule is CCC(C)C(NC(=O)c1ccc2c(c1)OCO2)C(=O)Nc1nnc(-c2ccc3c(c2)OCO3)s1. The smallest absolute Gasteiger partial charge is 0.252 e. The molecule has 34 heavy (non-hydrogen) atoms. The highest BCUT2D eigenvalue weighted by molar-refractivity contribution is 7.18. The number of anilines is 1. The summed E-state index contributed by atoms with van der Waals surface area (Å²) in [7, 11) is 0. The summed E-state index contributed by atoms with van der Waals surface area (Å²) in [5.74, 6) is 1.55. The zero-order chi connectivity index (χ0) is 23.7. The highest BCUT2D eigenvalue weighted by Gasteiger charge is 2.28. The average molecular weight is 483 g/mol. The Bertz CT molecular complexity index is 1250. The number of benzene rings is 2. The van der Waals surface area contributed by atoms with Gasteiger partial charge >= 0.3 is 0 Å². The summed E-state index contributed by atoms with van der Waals surface area (Å²) >= 11 is 1.23. The van der Waals surface area contributed by atoms with Crippen LogP contribution in [0.4, 0.5) is 5.13 Å². The van der Waals surface area contributed by atoms with E-state index < -0.39 is 6.04 Å². The molecule has 10 nitrogen and oxygen atoms in total. The molecule has 2 unspecified atom stereocenters. The molecule has 0 bridgehead atoms. The Balaban J connectivity index is 1.29. The van der Waals surface area contributed by atoms with Gasteiger partial charge in [0.2, 0.25) is 24.6 Å². The largest absolute Gasteiger partial charge is 0.454 e. The lowest BCUT2D eigenvalue weighted by atomic mass is 9.98. The van der Waals surface area contributed by atoms with E-state index in [0.29, 0.717) is 45.1 Å². The van der Waals surface area contributed by atoms with E-state index in [1.165, 1.54) is 11.3 Å². The lowest BCUT2D eigenvalue weighted by Crippen LogP contribution is -2.47. The molecule has 0 fully saturated rings. The first-order valence-electron chi connectivity index (χ1n) is 10.8. The van der Waals surface area contributed by atoms with Crippen LogP contribution in [0.2, 0.25) is 0 Å². The maximum atomic E-state index is 13.1. The predicted molar refractivity (Wildman–Crippen MR) is 123 cm³/mol. The number of nitrogens with zero attached hydrogens (tertiary/aromatic N) is 2. The van der Waals surface area contributed by atoms with Crippen LogP contribution in [-0.4, -0.2) is 41.6 Å². The van der Waals surface area contributed by atoms with Crippen LogP contribution in [0.15, 0.2) is 36.4 Å². The van der Waals surface area contributed by atoms with Gasteiger partial charge in [-0.3, -0.25) is 14.9 Å². The van der Waals surface area contributed by atoms with E-state index in [2.05, 4.69) is 20.8 Å². The summed E-state index contributed by atoms with van der Waals surface area (Å²) < 4.78 is 21.4. The van der Waals surface area contributed by atoms with E-state index in [9.17, 15) is 9.59 Å². The number of nitrogens with one attached hydrogen (secondary N) is 2. The van der Waals surface area contributed by atoms with E-state index >= 15 is 0 Å². The maximum absolute atomic E-state index is 13.1. The summed E-state index contributed by atoms with van der Waals surface area (Å²) in [6.07, 6.45) is 0.693. The molecule has 0 saturated carbocycles. The number of fused-ring (bicyclic) bond motifs is 2. The number of aromatic nitrogens is 2. The molecule has 11 heteroatoms. The van der Waals surface area contributed by atoms with Crippen LogP contribution < -0.4 is 29.6 Å². The first-order chi connectivity index (χ1) is 16.5. The Labute approximate surface area is 199 Å². The summed E-state index contributed by atoms with van der Waals surface area (Å²) in [6.45, 7) is 4.17. The standard InChI is InChI=1S/C23H22N4O6S/c1-3-12(2)19(24-20(28)13-4-6-15-17(8-13)32-10-30-15)21(29)25-23-27-26-22(34-23)14-5-7-16-18(9-14)33-11-31-16/h4-9,12,19H,3,10-11H2,1-2H3,(H,24,28)(H,25,27,29). The molecule has 2 aromatic carbocycles. The molecule has 2 atom stereocenters. The Morgan fingerprint density at radius 1 is 0.971 bits per heavy atom. The van der Waals surface area contributed by atoms with Crippen molar-refractivity contribution in [2.45, 2.75) is 26.3 Å². The van der Waals surface area contributed by atoms with Gasteiger partial charge in [0.05, 0.1) is 0 Å². The predicted octanol–water partition coefficient (Wildman–Crippen LogP) is 3.45. The highest BCUT2D eigenvalue weighted by atomic mass is 32.1. The third kappa shape index (κ3) is 4.34. The Hall–Kier alpha value is -3.86. The topological polar surface area (TPSA) is 121 Å². The number of hydrogen-bond donors (Lipinski definition) is 2. The molecule has 176 valence electrons. The van der Waals surface area contributed by atoms with Crippen molar-refractivity contribution in [1.29, 1.82) is 0 Å². The van der Waals surface area contributed by atoms with Crippen LogP contribution in [0.5, 0.6) is 23.0 Å². The van der Waals surface area contributed by atoms with Gasteiger partial charge in [-0.1, -0.05) is 31.6 Å². The zero-order valence-corrected chi connectivity index (χ0v) is 19.3. The summed E-state index contributed by atoms with van der Waals surface area (Å²) in [4.78, 5) is 26.0. The zero-order valence-electron chi connectivity index (χ0n) is 18.5. The molecule has 2 aliphatic heterocycles. The molecule has 2 amide bonds. The van der Waals surface area contributed by atoms with Gasteiger partial charge < -0.3 is 24.3 Å². The van der Waals surface area contributed by atoms with Gasteiger partial charge in [0, 0.05) is 11.1 Å². The summed E-state index contributed by atoms with van der Waals surface area (Å²) in [5, 5.41) is 14.9. The summed E-state index contributed by atoms with van der Waals surface area (Å²) in [6, 6.07) is 9.63. The van der Waals surface area contributed by atoms with Crippen LogP contribution in [-0.2, 0) is 4.79 Å². The van der Waals surface area contributed by atoms with Crippen molar-refractivity contribution >= 4 is 28.3 Å². The molecule has 0 radical (unpaired) electrons. The second-order valence-corrected chi connectivity index (χ2v) is 8.85. The number of amides is 2. The second kappa shape index (κ2) is 9.18. The first-order valence-corrected chi connectivity index (χ1v) is 11.6. The van der Waals surface area contributed by atoms with Gasteiger partial charge in [0.25, 0.3) is 5.91 Å². The minimum atomic E-state index is -0.763. The van der Waals surface area contributed by atoms with Crippen molar-refractivity contribution in [2.24, 2.45) is 5.92 Å². The molecule has 3 aromatic rings. The van der Waals surface area contributed by atoms with Crippen LogP contribution >= 0.6 is 11.3 Å². The molecule has 0 aliphatic carbocycles. The van der Waals surface area contributed by atoms with Gasteiger partial charge in [-0.2, -0.15) is 0 Å². The highest BCUT2D eigenvalue weighted by Crippen LogP contribution is 2.37. The maximum Gasteiger partial charge on any atom is 0.252 e. The normalized spacial score (nSPS) is 15.0. The molecule has 1 aromatic heterocycles. The molecule has 0 saturated heterocycles. The fourth-order valence-electron chi connectivity index (χ4n) is 3.57. The van der Waals surface area contributed by atoms with E-state index in [-0.39, 0.29) is 31.3 Å². The van der Waals surface area contributed by atoms with Gasteiger partial charge in [0.15, 0.2) is 23.0 Å². The first kappa shape index (κ1) is 22.0. The third-order valence-corrected chi connectivity index (χ3v) is 6.58. The van der Waals surface area contributed by atoms with Gasteiger partial charge in [0.1, 0.15) is 11.0 Å².